The molecular formula is C19H20N2O2S. The molecule has 3 aromatic rings. The van der Waals surface area contributed by atoms with Crippen LogP contribution in [-0.2, 0) is 23.0 Å². The van der Waals surface area contributed by atoms with Crippen LogP contribution in [-0.4, -0.2) is 24.3 Å². The minimum atomic E-state index is -3.47. The second-order valence-electron chi connectivity index (χ2n) is 6.39. The van der Waals surface area contributed by atoms with Crippen molar-refractivity contribution >= 4 is 20.9 Å². The molecule has 0 atom stereocenters. The molecule has 4 nitrogen and oxygen atoms in total. The van der Waals surface area contributed by atoms with Crippen LogP contribution in [0, 0.1) is 6.92 Å². The van der Waals surface area contributed by atoms with Crippen molar-refractivity contribution in [1.29, 1.82) is 0 Å². The molecule has 2 heterocycles. The summed E-state index contributed by atoms with van der Waals surface area (Å²) in [7, 11) is -3.47. The lowest BCUT2D eigenvalue weighted by Crippen LogP contribution is -2.30. The van der Waals surface area contributed by atoms with Gasteiger partial charge in [0, 0.05) is 29.7 Å². The van der Waals surface area contributed by atoms with Gasteiger partial charge in [-0.1, -0.05) is 29.8 Å². The number of hydrogen-bond acceptors (Lipinski definition) is 2. The number of benzene rings is 2. The number of nitrogens with one attached hydrogen (secondary N) is 1. The zero-order valence-electron chi connectivity index (χ0n) is 13.6. The lowest BCUT2D eigenvalue weighted by atomic mass is 10.1. The molecule has 5 heteroatoms. The summed E-state index contributed by atoms with van der Waals surface area (Å²) in [5.41, 5.74) is 4.56. The molecule has 0 spiro atoms. The summed E-state index contributed by atoms with van der Waals surface area (Å²) in [5, 5.41) is 1.14. The fourth-order valence-electron chi connectivity index (χ4n) is 3.45. The van der Waals surface area contributed by atoms with Gasteiger partial charge >= 0.3 is 0 Å². The number of aromatic amines is 1. The maximum atomic E-state index is 13.0. The predicted molar refractivity (Wildman–Crippen MR) is 95.4 cm³/mol. The van der Waals surface area contributed by atoms with Crippen LogP contribution in [0.1, 0.15) is 23.2 Å². The molecule has 0 unspecified atom stereocenters. The Morgan fingerprint density at radius 1 is 1.08 bits per heavy atom. The second-order valence-corrected chi connectivity index (χ2v) is 8.32. The van der Waals surface area contributed by atoms with Gasteiger partial charge in [-0.3, -0.25) is 0 Å². The lowest BCUT2D eigenvalue weighted by molar-refractivity contribution is 0.411. The molecule has 0 amide bonds. The Labute approximate surface area is 142 Å². The van der Waals surface area contributed by atoms with Crippen LogP contribution in [0.5, 0.6) is 0 Å². The van der Waals surface area contributed by atoms with Crippen molar-refractivity contribution in [1.82, 2.24) is 9.29 Å². The number of aryl methyl sites for hydroxylation is 2. The largest absolute Gasteiger partial charge is 0.358 e. The van der Waals surface area contributed by atoms with E-state index in [1.54, 1.807) is 28.6 Å². The third-order valence-electron chi connectivity index (χ3n) is 4.70. The van der Waals surface area contributed by atoms with E-state index in [0.29, 0.717) is 18.0 Å². The molecule has 0 bridgehead atoms. The number of nitrogens with zero attached hydrogens (tertiary/aromatic N) is 1. The first-order valence-electron chi connectivity index (χ1n) is 8.21. The normalized spacial score (nSPS) is 16.0. The third kappa shape index (κ3) is 2.54. The molecular weight excluding hydrogens is 320 g/mol. The van der Waals surface area contributed by atoms with E-state index in [4.69, 9.17) is 0 Å². The summed E-state index contributed by atoms with van der Waals surface area (Å²) in [6.45, 7) is 3.04. The third-order valence-corrected chi connectivity index (χ3v) is 6.56. The molecule has 0 saturated carbocycles. The minimum Gasteiger partial charge on any atom is -0.358 e. The molecule has 0 radical (unpaired) electrons. The van der Waals surface area contributed by atoms with Gasteiger partial charge in [-0.2, -0.15) is 4.31 Å². The van der Waals surface area contributed by atoms with Crippen LogP contribution in [0.2, 0.25) is 0 Å². The zero-order valence-corrected chi connectivity index (χ0v) is 14.4. The molecule has 0 saturated heterocycles. The summed E-state index contributed by atoms with van der Waals surface area (Å²) < 4.78 is 27.6. The maximum absolute atomic E-state index is 13.0. The highest BCUT2D eigenvalue weighted by atomic mass is 32.2. The van der Waals surface area contributed by atoms with Gasteiger partial charge in [-0.25, -0.2) is 8.42 Å². The van der Waals surface area contributed by atoms with Gasteiger partial charge in [0.25, 0.3) is 0 Å². The summed E-state index contributed by atoms with van der Waals surface area (Å²) in [6, 6.07) is 15.0. The predicted octanol–water partition coefficient (Wildman–Crippen LogP) is 3.61. The number of aromatic nitrogens is 1. The number of rotatable bonds is 2. The topological polar surface area (TPSA) is 53.2 Å². The summed E-state index contributed by atoms with van der Waals surface area (Å²) in [4.78, 5) is 3.84. The highest BCUT2D eigenvalue weighted by Gasteiger charge is 2.28. The maximum Gasteiger partial charge on any atom is 0.243 e. The quantitative estimate of drug-likeness (QED) is 0.775. The summed E-state index contributed by atoms with van der Waals surface area (Å²) >= 11 is 0. The highest BCUT2D eigenvalue weighted by Crippen LogP contribution is 2.30. The van der Waals surface area contributed by atoms with Gasteiger partial charge in [-0.15, -0.1) is 0 Å². The molecule has 4 rings (SSSR count). The Kier molecular flexibility index (Phi) is 3.70. The van der Waals surface area contributed by atoms with Crippen molar-refractivity contribution < 1.29 is 8.42 Å². The van der Waals surface area contributed by atoms with Gasteiger partial charge in [0.05, 0.1) is 4.90 Å². The SMILES string of the molecule is Cc1ccc2[nH]c3c(c2c1)CN(S(=O)(=O)c1ccccc1)CCC3. The molecule has 0 fully saturated rings. The van der Waals surface area contributed by atoms with E-state index in [-0.39, 0.29) is 0 Å². The first-order valence-corrected chi connectivity index (χ1v) is 9.65. The van der Waals surface area contributed by atoms with Crippen LogP contribution in [0.3, 0.4) is 0 Å². The Morgan fingerprint density at radius 3 is 2.67 bits per heavy atom. The first kappa shape index (κ1) is 15.4. The smallest absolute Gasteiger partial charge is 0.243 e. The highest BCUT2D eigenvalue weighted by molar-refractivity contribution is 7.89. The van der Waals surface area contributed by atoms with Gasteiger partial charge in [0.1, 0.15) is 0 Å². The molecule has 1 aliphatic rings. The van der Waals surface area contributed by atoms with Crippen molar-refractivity contribution in [2.75, 3.05) is 6.54 Å². The Bertz CT molecular complexity index is 991. The minimum absolute atomic E-state index is 0.365. The number of fused-ring (bicyclic) bond motifs is 3. The van der Waals surface area contributed by atoms with E-state index >= 15 is 0 Å². The van der Waals surface area contributed by atoms with E-state index in [1.165, 1.54) is 11.3 Å². The second kappa shape index (κ2) is 5.76. The van der Waals surface area contributed by atoms with Crippen LogP contribution >= 0.6 is 0 Å². The van der Waals surface area contributed by atoms with Gasteiger partial charge in [0.2, 0.25) is 10.0 Å². The first-order chi connectivity index (χ1) is 11.6. The fourth-order valence-corrected chi connectivity index (χ4v) is 4.91. The van der Waals surface area contributed by atoms with Crippen LogP contribution < -0.4 is 0 Å². The summed E-state index contributed by atoms with van der Waals surface area (Å²) in [5.74, 6) is 0. The van der Waals surface area contributed by atoms with Crippen LogP contribution in [0.25, 0.3) is 10.9 Å². The lowest BCUT2D eigenvalue weighted by Gasteiger charge is -2.20. The van der Waals surface area contributed by atoms with Gasteiger partial charge in [0.15, 0.2) is 0 Å². The number of sulfonamides is 1. The van der Waals surface area contributed by atoms with Crippen molar-refractivity contribution in [3.05, 3.63) is 65.4 Å². The van der Waals surface area contributed by atoms with Crippen LogP contribution in [0.15, 0.2) is 53.4 Å². The van der Waals surface area contributed by atoms with E-state index in [2.05, 4.69) is 30.1 Å². The molecule has 124 valence electrons. The molecule has 1 aliphatic heterocycles. The molecule has 0 aliphatic carbocycles. The van der Waals surface area contributed by atoms with E-state index < -0.39 is 10.0 Å². The average molecular weight is 340 g/mol. The number of hydrogen-bond donors (Lipinski definition) is 1. The molecule has 1 aromatic heterocycles. The standard InChI is InChI=1S/C19H20N2O2S/c1-14-9-10-19-16(12-14)17-13-21(11-5-8-18(17)20-19)24(22,23)15-6-3-2-4-7-15/h2-4,6-7,9-10,12,20H,5,8,11,13H2,1H3. The summed E-state index contributed by atoms with van der Waals surface area (Å²) in [6.07, 6.45) is 1.70. The zero-order chi connectivity index (χ0) is 16.7. The van der Waals surface area contributed by atoms with E-state index in [9.17, 15) is 8.42 Å². The van der Waals surface area contributed by atoms with Crippen molar-refractivity contribution in [2.45, 2.75) is 31.2 Å². The Morgan fingerprint density at radius 2 is 1.88 bits per heavy atom. The number of H-pyrrole nitrogens is 1. The monoisotopic (exact) mass is 340 g/mol. The molecule has 2 aromatic carbocycles. The molecule has 24 heavy (non-hydrogen) atoms. The van der Waals surface area contributed by atoms with Crippen molar-refractivity contribution in [3.8, 4) is 0 Å². The fraction of sp³-hybridized carbons (Fsp3) is 0.263. The molecule has 1 N–H and O–H groups in total. The van der Waals surface area contributed by atoms with Crippen molar-refractivity contribution in [3.63, 3.8) is 0 Å². The average Bonchev–Trinajstić information content (AvgIpc) is 2.78. The van der Waals surface area contributed by atoms with E-state index in [0.717, 1.165) is 29.3 Å². The van der Waals surface area contributed by atoms with Crippen LogP contribution in [0.4, 0.5) is 0 Å². The van der Waals surface area contributed by atoms with E-state index in [1.807, 2.05) is 6.07 Å². The van der Waals surface area contributed by atoms with Gasteiger partial charge in [-0.05, 0) is 49.6 Å². The van der Waals surface area contributed by atoms with Crippen molar-refractivity contribution in [2.24, 2.45) is 0 Å². The Balaban J connectivity index is 1.79. The van der Waals surface area contributed by atoms with Gasteiger partial charge < -0.3 is 4.98 Å². The Hall–Kier alpha value is -2.11.